The van der Waals surface area contributed by atoms with Gasteiger partial charge in [-0.2, -0.15) is 0 Å². The minimum Gasteiger partial charge on any atom is -0.201 e. The van der Waals surface area contributed by atoms with E-state index < -0.39 is 45.6 Å². The molecule has 0 amide bonds. The lowest BCUT2D eigenvalue weighted by molar-refractivity contribution is -0.661. The molecule has 10 aromatic carbocycles. The van der Waals surface area contributed by atoms with E-state index in [2.05, 4.69) is 300 Å². The largest absolute Gasteiger partial charge is 0.212 e. The molecule has 0 fully saturated rings. The van der Waals surface area contributed by atoms with E-state index in [1.807, 2.05) is 98.3 Å². The lowest BCUT2D eigenvalue weighted by Crippen LogP contribution is -2.32. The lowest BCUT2D eigenvalue weighted by atomic mass is 9.90. The fourth-order valence-corrected chi connectivity index (χ4v) is 17.4. The predicted molar refractivity (Wildman–Crippen MR) is 556 cm³/mol. The average molecular weight is 1740 g/mol. The van der Waals surface area contributed by atoms with Crippen LogP contribution in [0.25, 0.3) is 112 Å². The summed E-state index contributed by atoms with van der Waals surface area (Å²) >= 11 is 0. The van der Waals surface area contributed by atoms with Crippen LogP contribution in [0.15, 0.2) is 292 Å². The van der Waals surface area contributed by atoms with E-state index in [1.165, 1.54) is 123 Å². The maximum absolute atomic E-state index is 8.88. The molecule has 0 aliphatic carbocycles. The maximum atomic E-state index is 8.88. The fraction of sp³-hybridized carbons (Fsp3) is 0.320. The van der Waals surface area contributed by atoms with E-state index in [9.17, 15) is 0 Å². The normalized spacial score (nSPS) is 13.5. The highest BCUT2D eigenvalue weighted by atomic mass is 14.9. The van der Waals surface area contributed by atoms with Gasteiger partial charge >= 0.3 is 0 Å². The van der Waals surface area contributed by atoms with E-state index in [4.69, 9.17) is 20.6 Å². The highest BCUT2D eigenvalue weighted by molar-refractivity contribution is 5.81. The van der Waals surface area contributed by atoms with Gasteiger partial charge in [0.25, 0.3) is 0 Å². The van der Waals surface area contributed by atoms with Crippen LogP contribution in [-0.4, -0.2) is 0 Å². The first-order valence-corrected chi connectivity index (χ1v) is 46.4. The molecule has 0 aliphatic heterocycles. The van der Waals surface area contributed by atoms with Crippen LogP contribution in [0, 0.1) is 111 Å². The molecule has 15 rings (SSSR count). The first-order valence-electron chi connectivity index (χ1n) is 53.9. The molecule has 0 atom stereocenters. The van der Waals surface area contributed by atoms with Crippen molar-refractivity contribution in [1.29, 1.82) is 0 Å². The van der Waals surface area contributed by atoms with Crippen LogP contribution in [0.5, 0.6) is 0 Å². The second-order valence-electron chi connectivity index (χ2n) is 37.6. The average Bonchev–Trinajstić information content (AvgIpc) is 0.735. The van der Waals surface area contributed by atoms with Gasteiger partial charge in [0.2, 0.25) is 28.5 Å². The highest BCUT2D eigenvalue weighted by Gasteiger charge is 2.26. The number of benzene rings is 10. The zero-order valence-corrected chi connectivity index (χ0v) is 82.0. The van der Waals surface area contributed by atoms with Crippen molar-refractivity contribution in [1.82, 2.24) is 0 Å². The number of nitrogens with zero attached hydrogens (tertiary/aromatic N) is 5. The first-order chi connectivity index (χ1) is 67.9. The summed E-state index contributed by atoms with van der Waals surface area (Å²) in [6, 6.07) is 88.2. The number of aryl methyl sites for hydroxylation is 16. The Labute approximate surface area is 805 Å². The van der Waals surface area contributed by atoms with E-state index in [1.54, 1.807) is 83.6 Å². The van der Waals surface area contributed by atoms with Crippen molar-refractivity contribution >= 4 is 0 Å². The Bertz CT molecular complexity index is 7020. The van der Waals surface area contributed by atoms with E-state index in [0.29, 0.717) is 62.5 Å². The quantitative estimate of drug-likeness (QED) is 0.0603. The molecular formula is C125H150N5+5. The van der Waals surface area contributed by atoms with Crippen molar-refractivity contribution < 1.29 is 43.4 Å². The van der Waals surface area contributed by atoms with Crippen molar-refractivity contribution in [2.75, 3.05) is 0 Å². The van der Waals surface area contributed by atoms with Gasteiger partial charge in [0.15, 0.2) is 31.0 Å². The second-order valence-corrected chi connectivity index (χ2v) is 37.6. The Morgan fingerprint density at radius 2 is 0.508 bits per heavy atom. The fourth-order valence-electron chi connectivity index (χ4n) is 17.4. The molecule has 0 aliphatic rings. The molecule has 0 saturated heterocycles. The third-order valence-corrected chi connectivity index (χ3v) is 23.8. The second kappa shape index (κ2) is 45.5. The van der Waals surface area contributed by atoms with Crippen molar-refractivity contribution in [2.45, 2.75) is 197 Å². The third kappa shape index (κ3) is 25.7. The Kier molecular flexibility index (Phi) is 27.6. The van der Waals surface area contributed by atoms with Crippen LogP contribution < -0.4 is 22.8 Å². The van der Waals surface area contributed by atoms with E-state index >= 15 is 0 Å². The van der Waals surface area contributed by atoms with Gasteiger partial charge < -0.3 is 0 Å². The van der Waals surface area contributed by atoms with E-state index in [-0.39, 0.29) is 34.1 Å². The molecule has 15 aromatic rings. The summed E-state index contributed by atoms with van der Waals surface area (Å²) in [5.41, 5.74) is 36.2. The van der Waals surface area contributed by atoms with Crippen LogP contribution in [0.3, 0.4) is 0 Å². The Morgan fingerprint density at radius 1 is 0.208 bits per heavy atom. The van der Waals surface area contributed by atoms with Gasteiger partial charge in [-0.15, -0.1) is 0 Å². The minimum atomic E-state index is -2.48. The zero-order valence-electron chi connectivity index (χ0n) is 97.0. The first kappa shape index (κ1) is 78.9. The van der Waals surface area contributed by atoms with Gasteiger partial charge in [0.05, 0.1) is 0 Å². The predicted octanol–water partition coefficient (Wildman–Crippen LogP) is 29.8. The topological polar surface area (TPSA) is 19.4 Å². The standard InChI is InChI=1S/2C28H36N.2C25H30N.C19H18N/c2*1-19(2)13-24-16-28(29(7)18-25(24)14-20(3)4)27-17-26(21(5)15-22(27)6)23-11-9-8-10-12-23;2*1-17(2)12-22-14-25(26(6)16-20(22)5)24-15-23(18(3)13-19(24)4)21-10-8-7-9-11-21;1-15-11-12-17(16-8-4-3-5-9-16)14-18(15)19-10-6-7-13-20(19)2/h2*8-12,15-20H,13-14H2,1-7H3;2*7-11,13-17H,12H2,1-6H3;3-14H,1-2H3/q5*+1/i5D3,13D2,14D2;;3D3,5D3,12D2;;. The smallest absolute Gasteiger partial charge is 0.201 e. The van der Waals surface area contributed by atoms with Crippen molar-refractivity contribution in [3.63, 3.8) is 0 Å². The summed E-state index contributed by atoms with van der Waals surface area (Å²) in [6.07, 6.45) is 7.91. The molecule has 5 nitrogen and oxygen atoms in total. The summed E-state index contributed by atoms with van der Waals surface area (Å²) in [5, 5.41) is 0. The molecule has 0 radical (unpaired) electrons. The summed E-state index contributed by atoms with van der Waals surface area (Å²) < 4.78 is 135. The maximum Gasteiger partial charge on any atom is 0.212 e. The van der Waals surface area contributed by atoms with E-state index in [0.717, 1.165) is 41.5 Å². The number of aromatic nitrogens is 5. The number of hydrogen-bond donors (Lipinski definition) is 0. The van der Waals surface area contributed by atoms with Gasteiger partial charge in [0.1, 0.15) is 35.2 Å². The summed E-state index contributed by atoms with van der Waals surface area (Å²) in [5.74, 6) is 0.799. The van der Waals surface area contributed by atoms with Gasteiger partial charge in [0, 0.05) is 107 Å². The molecule has 5 aromatic heterocycles. The molecule has 0 bridgehead atoms. The van der Waals surface area contributed by atoms with Crippen molar-refractivity contribution in [3.8, 4) is 112 Å². The molecule has 0 saturated carbocycles. The Balaban J connectivity index is 0.000000175. The minimum absolute atomic E-state index is 0.0301. The van der Waals surface area contributed by atoms with Gasteiger partial charge in [-0.3, -0.25) is 0 Å². The van der Waals surface area contributed by atoms with Gasteiger partial charge in [-0.1, -0.05) is 271 Å². The number of pyridine rings is 5. The highest BCUT2D eigenvalue weighted by Crippen LogP contribution is 2.39. The Hall–Kier alpha value is -12.1. The molecule has 5 heteroatoms. The van der Waals surface area contributed by atoms with Crippen molar-refractivity contribution in [3.05, 3.63) is 386 Å². The van der Waals surface area contributed by atoms with Gasteiger partial charge in [-0.05, 0) is 314 Å². The van der Waals surface area contributed by atoms with Crippen LogP contribution in [0.4, 0.5) is 0 Å². The number of rotatable bonds is 22. The van der Waals surface area contributed by atoms with Crippen LogP contribution in [0.1, 0.15) is 198 Å². The summed E-state index contributed by atoms with van der Waals surface area (Å²) in [4.78, 5) is 0. The third-order valence-electron chi connectivity index (χ3n) is 23.8. The monoisotopic (exact) mass is 1740 g/mol. The molecule has 670 valence electrons. The Morgan fingerprint density at radius 3 is 0.900 bits per heavy atom. The molecular weight excluding hydrogens is 1570 g/mol. The summed E-state index contributed by atoms with van der Waals surface area (Å²) in [6.45, 7) is 34.3. The molecule has 0 N–H and O–H groups in total. The van der Waals surface area contributed by atoms with Crippen LogP contribution >= 0.6 is 0 Å². The van der Waals surface area contributed by atoms with Gasteiger partial charge in [-0.25, -0.2) is 22.8 Å². The molecule has 130 heavy (non-hydrogen) atoms. The molecule has 0 spiro atoms. The van der Waals surface area contributed by atoms with Crippen LogP contribution in [-0.2, 0) is 73.6 Å². The molecule has 0 unspecified atom stereocenters. The molecule has 5 heterocycles. The van der Waals surface area contributed by atoms with Crippen LogP contribution in [0.2, 0.25) is 0 Å². The zero-order chi connectivity index (χ0) is 107. The number of hydrogen-bond acceptors (Lipinski definition) is 0. The summed E-state index contributed by atoms with van der Waals surface area (Å²) in [7, 11) is 9.98. The SMILES string of the molecule is Cc1c[n+](C)c(-c2cc(-c3ccccc3)c(C)cc2C)cc1CC(C)C.Cc1cc(C)c(-c2cc(CC(C)C)c(CC(C)C)c[n+]2C)cc1-c1ccccc1.Cc1ccc(-c2ccccc2)cc1-c1cccc[n+]1C.[2H]C([2H])([2H])c1cc(C)c(-c2cc(C([2H])([2H])C(C)C)c(C([2H])([2H])C(C)C)c[n+]2C)cc1-c1ccccc1.[2H]C([2H])([2H])c1cc(C)c(-c2cc(C([2H])([2H])C(C)C)c(C([2H])([2H])[2H])c[n+]2C)cc1-c1ccccc1. The van der Waals surface area contributed by atoms with Crippen molar-refractivity contribution in [2.24, 2.45) is 70.7 Å². The lowest BCUT2D eigenvalue weighted by Gasteiger charge is -2.16.